The first-order valence-electron chi connectivity index (χ1n) is 7.38. The average molecular weight is 299 g/mol. The summed E-state index contributed by atoms with van der Waals surface area (Å²) in [6.07, 6.45) is 3.41. The lowest BCUT2D eigenvalue weighted by Crippen LogP contribution is -2.24. The number of ether oxygens (including phenoxy) is 1. The minimum atomic E-state index is -0.162. The van der Waals surface area contributed by atoms with Gasteiger partial charge in [-0.15, -0.1) is 11.3 Å². The Kier molecular flexibility index (Phi) is 2.73. The topological polar surface area (TPSA) is 39.2 Å². The number of benzene rings is 1. The molecule has 108 valence electrons. The number of rotatable bonds is 1. The van der Waals surface area contributed by atoms with E-state index >= 15 is 0 Å². The number of Topliss-reactive ketones (excluding diaryl/α,β-unsaturated/α-hetero) is 1. The Bertz CT molecular complexity index is 745. The number of nitrogens with zero attached hydrogens (tertiary/aromatic N) is 1. The summed E-state index contributed by atoms with van der Waals surface area (Å²) in [5.74, 6) is 1.19. The molecular weight excluding hydrogens is 282 g/mol. The van der Waals surface area contributed by atoms with Crippen molar-refractivity contribution >= 4 is 17.1 Å². The maximum Gasteiger partial charge on any atom is 0.174 e. The average Bonchev–Trinajstić information content (AvgIpc) is 2.97. The zero-order chi connectivity index (χ0) is 14.6. The Balaban J connectivity index is 1.83. The van der Waals surface area contributed by atoms with Gasteiger partial charge in [-0.3, -0.25) is 4.79 Å². The molecule has 0 bridgehead atoms. The molecule has 0 fully saturated rings. The highest BCUT2D eigenvalue weighted by atomic mass is 32.1. The quantitative estimate of drug-likeness (QED) is 0.797. The zero-order valence-electron chi connectivity index (χ0n) is 12.2. The summed E-state index contributed by atoms with van der Waals surface area (Å²) in [5.41, 5.74) is 3.08. The molecule has 0 atom stereocenters. The van der Waals surface area contributed by atoms with Crippen molar-refractivity contribution in [3.63, 3.8) is 0 Å². The monoisotopic (exact) mass is 299 g/mol. The maximum atomic E-state index is 12.0. The number of thiazole rings is 1. The molecule has 0 saturated heterocycles. The van der Waals surface area contributed by atoms with Crippen LogP contribution in [0, 0.1) is 0 Å². The summed E-state index contributed by atoms with van der Waals surface area (Å²) in [6.45, 7) is 4.21. The fourth-order valence-corrected chi connectivity index (χ4v) is 4.27. The van der Waals surface area contributed by atoms with Crippen LogP contribution in [0.4, 0.5) is 0 Å². The van der Waals surface area contributed by atoms with E-state index in [1.54, 1.807) is 0 Å². The normalized spacial score (nSPS) is 19.0. The highest BCUT2D eigenvalue weighted by Gasteiger charge is 2.33. The molecule has 1 aromatic carbocycles. The van der Waals surface area contributed by atoms with Gasteiger partial charge in [-0.1, -0.05) is 12.1 Å². The van der Waals surface area contributed by atoms with Crippen molar-refractivity contribution in [2.75, 3.05) is 0 Å². The van der Waals surface area contributed by atoms with E-state index in [0.29, 0.717) is 6.42 Å². The third kappa shape index (κ3) is 2.09. The molecule has 0 unspecified atom stereocenters. The Morgan fingerprint density at radius 1 is 1.29 bits per heavy atom. The first kappa shape index (κ1) is 13.0. The van der Waals surface area contributed by atoms with E-state index in [9.17, 15) is 4.79 Å². The molecule has 21 heavy (non-hydrogen) atoms. The van der Waals surface area contributed by atoms with Crippen molar-refractivity contribution in [3.05, 3.63) is 34.3 Å². The summed E-state index contributed by atoms with van der Waals surface area (Å²) in [7, 11) is 0. The number of carbonyl (C=O) groups is 1. The van der Waals surface area contributed by atoms with Crippen LogP contribution in [-0.2, 0) is 12.8 Å². The van der Waals surface area contributed by atoms with Crippen LogP contribution in [0.3, 0.4) is 0 Å². The molecule has 0 radical (unpaired) electrons. The van der Waals surface area contributed by atoms with Gasteiger partial charge in [-0.05, 0) is 38.3 Å². The van der Waals surface area contributed by atoms with E-state index in [2.05, 4.69) is 32.0 Å². The Hall–Kier alpha value is -1.68. The van der Waals surface area contributed by atoms with Crippen LogP contribution in [0.2, 0.25) is 0 Å². The van der Waals surface area contributed by atoms with Crippen LogP contribution in [0.5, 0.6) is 5.75 Å². The van der Waals surface area contributed by atoms with Crippen LogP contribution in [-0.4, -0.2) is 16.4 Å². The minimum absolute atomic E-state index is 0.162. The van der Waals surface area contributed by atoms with Crippen molar-refractivity contribution in [2.45, 2.75) is 45.1 Å². The number of fused-ring (bicyclic) bond motifs is 2. The van der Waals surface area contributed by atoms with Gasteiger partial charge in [0.05, 0.1) is 16.1 Å². The van der Waals surface area contributed by atoms with E-state index in [1.807, 2.05) is 0 Å². The molecule has 1 aliphatic carbocycles. The van der Waals surface area contributed by atoms with Gasteiger partial charge in [-0.2, -0.15) is 0 Å². The lowest BCUT2D eigenvalue weighted by molar-refractivity contribution is 0.0976. The van der Waals surface area contributed by atoms with Gasteiger partial charge in [-0.25, -0.2) is 4.98 Å². The summed E-state index contributed by atoms with van der Waals surface area (Å²) >= 11 is 1.52. The van der Waals surface area contributed by atoms with E-state index in [-0.39, 0.29) is 11.4 Å². The van der Waals surface area contributed by atoms with Crippen molar-refractivity contribution in [3.8, 4) is 16.3 Å². The zero-order valence-corrected chi connectivity index (χ0v) is 13.0. The summed E-state index contributed by atoms with van der Waals surface area (Å²) in [4.78, 5) is 17.6. The molecule has 0 spiro atoms. The van der Waals surface area contributed by atoms with Gasteiger partial charge in [0.25, 0.3) is 0 Å². The Labute approximate surface area is 128 Å². The van der Waals surface area contributed by atoms with Crippen LogP contribution in [0.15, 0.2) is 18.2 Å². The number of hydrogen-bond donors (Lipinski definition) is 0. The molecule has 2 aromatic rings. The summed E-state index contributed by atoms with van der Waals surface area (Å²) in [6, 6.07) is 6.22. The number of para-hydroxylation sites is 1. The highest BCUT2D eigenvalue weighted by molar-refractivity contribution is 7.17. The third-order valence-corrected chi connectivity index (χ3v) is 5.26. The second kappa shape index (κ2) is 4.41. The predicted molar refractivity (Wildman–Crippen MR) is 83.2 cm³/mol. The first-order valence-corrected chi connectivity index (χ1v) is 8.19. The second-order valence-corrected chi connectivity index (χ2v) is 7.40. The number of aromatic nitrogens is 1. The van der Waals surface area contributed by atoms with Gasteiger partial charge in [0.15, 0.2) is 5.78 Å². The number of hydrogen-bond acceptors (Lipinski definition) is 4. The van der Waals surface area contributed by atoms with Gasteiger partial charge in [0, 0.05) is 12.8 Å². The number of ketones is 1. The summed E-state index contributed by atoms with van der Waals surface area (Å²) in [5, 5.41) is 0.921. The lowest BCUT2D eigenvalue weighted by atomic mass is 10.0. The number of carbonyl (C=O) groups excluding carboxylic acids is 1. The van der Waals surface area contributed by atoms with Crippen molar-refractivity contribution in [1.29, 1.82) is 0 Å². The van der Waals surface area contributed by atoms with E-state index in [1.165, 1.54) is 16.9 Å². The largest absolute Gasteiger partial charge is 0.486 e. The highest BCUT2D eigenvalue weighted by Crippen LogP contribution is 2.44. The summed E-state index contributed by atoms with van der Waals surface area (Å²) < 4.78 is 6.12. The van der Waals surface area contributed by atoms with Gasteiger partial charge >= 0.3 is 0 Å². The minimum Gasteiger partial charge on any atom is -0.486 e. The molecule has 4 rings (SSSR count). The van der Waals surface area contributed by atoms with Crippen molar-refractivity contribution < 1.29 is 9.53 Å². The molecule has 0 saturated carbocycles. The molecule has 0 N–H and O–H groups in total. The third-order valence-electron chi connectivity index (χ3n) is 4.09. The van der Waals surface area contributed by atoms with Crippen molar-refractivity contribution in [1.82, 2.24) is 4.98 Å². The fourth-order valence-electron chi connectivity index (χ4n) is 3.17. The Morgan fingerprint density at radius 3 is 2.95 bits per heavy atom. The smallest absolute Gasteiger partial charge is 0.174 e. The SMILES string of the molecule is CC1(C)Cc2cccc(-c3nc4c(s3)C(=O)CCC4)c2O1. The fraction of sp³-hybridized carbons (Fsp3) is 0.412. The molecule has 0 amide bonds. The van der Waals surface area contributed by atoms with Gasteiger partial charge < -0.3 is 4.74 Å². The van der Waals surface area contributed by atoms with Crippen LogP contribution in [0.1, 0.15) is 47.6 Å². The molecule has 2 aliphatic rings. The molecule has 4 heteroatoms. The number of aryl methyl sites for hydroxylation is 1. The van der Waals surface area contributed by atoms with Crippen LogP contribution < -0.4 is 4.74 Å². The molecule has 1 aromatic heterocycles. The van der Waals surface area contributed by atoms with Crippen LogP contribution in [0.25, 0.3) is 10.6 Å². The molecular formula is C17H17NO2S. The lowest BCUT2D eigenvalue weighted by Gasteiger charge is -2.17. The Morgan fingerprint density at radius 2 is 2.14 bits per heavy atom. The molecule has 2 heterocycles. The second-order valence-electron chi connectivity index (χ2n) is 6.40. The van der Waals surface area contributed by atoms with E-state index in [4.69, 9.17) is 9.72 Å². The predicted octanol–water partition coefficient (Wildman–Crippen LogP) is 4.04. The van der Waals surface area contributed by atoms with Crippen LogP contribution >= 0.6 is 11.3 Å². The first-order chi connectivity index (χ1) is 10.0. The molecule has 3 nitrogen and oxygen atoms in total. The van der Waals surface area contributed by atoms with E-state index in [0.717, 1.165) is 46.2 Å². The standard InChI is InChI=1S/C17H17NO2S/c1-17(2)9-10-5-3-6-11(14(10)20-17)16-18-12-7-4-8-13(19)15(12)21-16/h3,5-6H,4,7-9H2,1-2H3. The molecule has 1 aliphatic heterocycles. The van der Waals surface area contributed by atoms with E-state index < -0.39 is 0 Å². The van der Waals surface area contributed by atoms with Gasteiger partial charge in [0.1, 0.15) is 16.4 Å². The van der Waals surface area contributed by atoms with Crippen molar-refractivity contribution in [2.24, 2.45) is 0 Å². The van der Waals surface area contributed by atoms with Gasteiger partial charge in [0.2, 0.25) is 0 Å². The maximum absolute atomic E-state index is 12.0.